The Hall–Kier alpha value is -2.56. The van der Waals surface area contributed by atoms with Crippen LogP contribution in [0, 0.1) is 11.3 Å². The van der Waals surface area contributed by atoms with Gasteiger partial charge in [0.1, 0.15) is 6.04 Å². The Bertz CT molecular complexity index is 855. The summed E-state index contributed by atoms with van der Waals surface area (Å²) in [5.74, 6) is -0.0492. The van der Waals surface area contributed by atoms with Crippen LogP contribution >= 0.6 is 12.4 Å². The van der Waals surface area contributed by atoms with Crippen molar-refractivity contribution in [3.63, 3.8) is 0 Å². The van der Waals surface area contributed by atoms with Gasteiger partial charge >= 0.3 is 5.69 Å². The maximum atomic E-state index is 12.4. The van der Waals surface area contributed by atoms with E-state index in [0.29, 0.717) is 26.2 Å². The number of nitrogens with zero attached hydrogens (tertiary/aromatic N) is 4. The number of imidazole rings is 1. The number of nitrogens with one attached hydrogen (secondary N) is 1. The second-order valence-corrected chi connectivity index (χ2v) is 6.75. The predicted molar refractivity (Wildman–Crippen MR) is 109 cm³/mol. The van der Waals surface area contributed by atoms with E-state index in [0.717, 1.165) is 19.3 Å². The Morgan fingerprint density at radius 1 is 1.18 bits per heavy atom. The van der Waals surface area contributed by atoms with Gasteiger partial charge in [-0.2, -0.15) is 5.26 Å². The highest BCUT2D eigenvalue weighted by Crippen LogP contribution is 2.15. The molecule has 1 amide bonds. The first-order chi connectivity index (χ1) is 13.2. The summed E-state index contributed by atoms with van der Waals surface area (Å²) in [5, 5.41) is 12.1. The molecule has 0 saturated carbocycles. The van der Waals surface area contributed by atoms with Gasteiger partial charge in [0.25, 0.3) is 0 Å². The second kappa shape index (κ2) is 10.7. The quantitative estimate of drug-likeness (QED) is 0.676. The number of aryl methyl sites for hydroxylation is 2. The Balaban J connectivity index is 0.00000280. The highest BCUT2D eigenvalue weighted by molar-refractivity contribution is 5.85. The normalized spacial score (nSPS) is 15.8. The monoisotopic (exact) mass is 403 g/mol. The highest BCUT2D eigenvalue weighted by atomic mass is 35.5. The molecular formula is C20H26ClN5O2. The fourth-order valence-electron chi connectivity index (χ4n) is 3.38. The van der Waals surface area contributed by atoms with Gasteiger partial charge in [-0.05, 0) is 24.8 Å². The molecule has 1 atom stereocenters. The molecule has 1 aliphatic heterocycles. The van der Waals surface area contributed by atoms with Crippen LogP contribution in [0.15, 0.2) is 47.5 Å². The first-order valence-electron chi connectivity index (χ1n) is 9.38. The van der Waals surface area contributed by atoms with E-state index in [2.05, 4.69) is 23.5 Å². The van der Waals surface area contributed by atoms with Gasteiger partial charge in [-0.15, -0.1) is 12.4 Å². The number of carbonyl (C=O) groups is 1. The molecular weight excluding hydrogens is 378 g/mol. The molecule has 0 spiro atoms. The average molecular weight is 404 g/mol. The fourth-order valence-corrected chi connectivity index (χ4v) is 3.38. The predicted octanol–water partition coefficient (Wildman–Crippen LogP) is 1.42. The first kappa shape index (κ1) is 21.7. The van der Waals surface area contributed by atoms with Crippen LogP contribution in [0.25, 0.3) is 0 Å². The molecule has 0 bridgehead atoms. The molecule has 1 saturated heterocycles. The molecule has 1 aliphatic rings. The highest BCUT2D eigenvalue weighted by Gasteiger charge is 2.27. The lowest BCUT2D eigenvalue weighted by Crippen LogP contribution is -2.41. The van der Waals surface area contributed by atoms with Crippen molar-refractivity contribution >= 4 is 18.3 Å². The van der Waals surface area contributed by atoms with Crippen molar-refractivity contribution in [3.05, 3.63) is 58.8 Å². The van der Waals surface area contributed by atoms with E-state index in [-0.39, 0.29) is 36.6 Å². The standard InChI is InChI=1S/C20H25N5O2.ClH/c21-15-18-7-4-10-25(18)19(26)16-22-9-12-24-14-13-23(20(24)27)11-8-17-5-2-1-3-6-17;/h1-3,5-6,13-14,18,22H,4,7-12,16H2;1H. The molecule has 8 heteroatoms. The number of hydrogen-bond acceptors (Lipinski definition) is 4. The lowest BCUT2D eigenvalue weighted by molar-refractivity contribution is -0.130. The zero-order valence-electron chi connectivity index (χ0n) is 15.8. The van der Waals surface area contributed by atoms with E-state index in [9.17, 15) is 9.59 Å². The van der Waals surface area contributed by atoms with Crippen LogP contribution in [0.5, 0.6) is 0 Å². The van der Waals surface area contributed by atoms with Crippen LogP contribution in [0.2, 0.25) is 0 Å². The number of likely N-dealkylation sites (tertiary alicyclic amines) is 1. The molecule has 28 heavy (non-hydrogen) atoms. The van der Waals surface area contributed by atoms with E-state index < -0.39 is 0 Å². The minimum absolute atomic E-state index is 0. The lowest BCUT2D eigenvalue weighted by atomic mass is 10.1. The minimum atomic E-state index is -0.291. The summed E-state index contributed by atoms with van der Waals surface area (Å²) in [6.45, 7) is 2.53. The third-order valence-electron chi connectivity index (χ3n) is 4.93. The summed E-state index contributed by atoms with van der Waals surface area (Å²) in [6.07, 6.45) is 6.04. The maximum absolute atomic E-state index is 12.4. The van der Waals surface area contributed by atoms with Gasteiger partial charge in [0.2, 0.25) is 5.91 Å². The number of halogens is 1. The number of carbonyl (C=O) groups excluding carboxylic acids is 1. The molecule has 2 aromatic rings. The van der Waals surface area contributed by atoms with Crippen LogP contribution in [-0.2, 0) is 24.3 Å². The van der Waals surface area contributed by atoms with Crippen molar-refractivity contribution in [1.82, 2.24) is 19.4 Å². The molecule has 1 unspecified atom stereocenters. The van der Waals surface area contributed by atoms with Crippen molar-refractivity contribution in [2.45, 2.75) is 38.4 Å². The molecule has 3 rings (SSSR count). The number of amides is 1. The van der Waals surface area contributed by atoms with Gasteiger partial charge in [0, 0.05) is 38.6 Å². The molecule has 0 radical (unpaired) electrons. The Morgan fingerprint density at radius 2 is 1.89 bits per heavy atom. The smallest absolute Gasteiger partial charge is 0.326 e. The van der Waals surface area contributed by atoms with E-state index in [1.54, 1.807) is 26.4 Å². The summed E-state index contributed by atoms with van der Waals surface area (Å²) in [5.41, 5.74) is 1.16. The third-order valence-corrected chi connectivity index (χ3v) is 4.93. The number of hydrogen-bond donors (Lipinski definition) is 1. The summed E-state index contributed by atoms with van der Waals surface area (Å²) in [4.78, 5) is 26.2. The van der Waals surface area contributed by atoms with Crippen molar-refractivity contribution in [2.24, 2.45) is 0 Å². The first-order valence-corrected chi connectivity index (χ1v) is 9.38. The minimum Gasteiger partial charge on any atom is -0.326 e. The van der Waals surface area contributed by atoms with E-state index in [4.69, 9.17) is 5.26 Å². The van der Waals surface area contributed by atoms with E-state index in [1.807, 2.05) is 18.2 Å². The van der Waals surface area contributed by atoms with Gasteiger partial charge in [0.05, 0.1) is 12.6 Å². The van der Waals surface area contributed by atoms with Gasteiger partial charge in [-0.3, -0.25) is 13.9 Å². The van der Waals surface area contributed by atoms with Crippen LogP contribution in [0.1, 0.15) is 18.4 Å². The van der Waals surface area contributed by atoms with Gasteiger partial charge < -0.3 is 10.2 Å². The number of nitriles is 1. The summed E-state index contributed by atoms with van der Waals surface area (Å²) < 4.78 is 3.36. The Labute approximate surface area is 171 Å². The van der Waals surface area contributed by atoms with Gasteiger partial charge in [-0.1, -0.05) is 30.3 Å². The summed E-state index contributed by atoms with van der Waals surface area (Å²) >= 11 is 0. The summed E-state index contributed by atoms with van der Waals surface area (Å²) in [6, 6.07) is 12.0. The lowest BCUT2D eigenvalue weighted by Gasteiger charge is -2.19. The van der Waals surface area contributed by atoms with Crippen LogP contribution in [0.4, 0.5) is 0 Å². The SMILES string of the molecule is Cl.N#CC1CCCN1C(=O)CNCCn1ccn(CCc2ccccc2)c1=O. The molecule has 150 valence electrons. The van der Waals surface area contributed by atoms with Crippen molar-refractivity contribution in [1.29, 1.82) is 5.26 Å². The molecule has 0 aliphatic carbocycles. The van der Waals surface area contributed by atoms with Crippen molar-refractivity contribution in [3.8, 4) is 6.07 Å². The molecule has 7 nitrogen and oxygen atoms in total. The fraction of sp³-hybridized carbons (Fsp3) is 0.450. The van der Waals surface area contributed by atoms with Crippen LogP contribution < -0.4 is 11.0 Å². The van der Waals surface area contributed by atoms with E-state index in [1.165, 1.54) is 5.56 Å². The number of benzene rings is 1. The van der Waals surface area contributed by atoms with Crippen LogP contribution in [-0.4, -0.2) is 45.6 Å². The molecule has 1 aromatic carbocycles. The molecule has 1 fully saturated rings. The van der Waals surface area contributed by atoms with Gasteiger partial charge in [0.15, 0.2) is 0 Å². The largest absolute Gasteiger partial charge is 0.328 e. The molecule has 1 N–H and O–H groups in total. The average Bonchev–Trinajstić information content (AvgIpc) is 3.31. The van der Waals surface area contributed by atoms with E-state index >= 15 is 0 Å². The Kier molecular flexibility index (Phi) is 8.30. The zero-order chi connectivity index (χ0) is 19.1. The topological polar surface area (TPSA) is 83.1 Å². The van der Waals surface area contributed by atoms with Crippen molar-refractivity contribution < 1.29 is 4.79 Å². The maximum Gasteiger partial charge on any atom is 0.328 e. The van der Waals surface area contributed by atoms with Crippen molar-refractivity contribution in [2.75, 3.05) is 19.6 Å². The Morgan fingerprint density at radius 3 is 2.61 bits per heavy atom. The van der Waals surface area contributed by atoms with Crippen LogP contribution in [0.3, 0.4) is 0 Å². The number of aromatic nitrogens is 2. The zero-order valence-corrected chi connectivity index (χ0v) is 16.6. The second-order valence-electron chi connectivity index (χ2n) is 6.75. The van der Waals surface area contributed by atoms with Gasteiger partial charge in [-0.25, -0.2) is 4.79 Å². The molecule has 1 aromatic heterocycles. The number of rotatable bonds is 8. The molecule has 2 heterocycles. The third kappa shape index (κ3) is 5.47. The summed E-state index contributed by atoms with van der Waals surface area (Å²) in [7, 11) is 0.